The number of benzene rings is 1. The van der Waals surface area contributed by atoms with Gasteiger partial charge in [0.2, 0.25) is 5.91 Å². The molecule has 3 rings (SSSR count). The Hall–Kier alpha value is -2.40. The molecule has 0 aliphatic carbocycles. The average Bonchev–Trinajstić information content (AvgIpc) is 2.57. The van der Waals surface area contributed by atoms with E-state index in [-0.39, 0.29) is 0 Å². The summed E-state index contributed by atoms with van der Waals surface area (Å²) in [6, 6.07) is 12.2. The molecule has 5 nitrogen and oxygen atoms in total. The van der Waals surface area contributed by atoms with Gasteiger partial charge in [0.1, 0.15) is 0 Å². The minimum absolute atomic E-state index is 0.428. The molecule has 0 radical (unpaired) electrons. The number of nitrogens with two attached hydrogens (primary N) is 1. The third-order valence-corrected chi connectivity index (χ3v) is 4.31. The van der Waals surface area contributed by atoms with Crippen LogP contribution < -0.4 is 16.0 Å². The molecule has 2 atom stereocenters. The van der Waals surface area contributed by atoms with Gasteiger partial charge in [-0.05, 0) is 32.0 Å². The van der Waals surface area contributed by atoms with Crippen molar-refractivity contribution in [3.8, 4) is 11.3 Å². The van der Waals surface area contributed by atoms with Crippen LogP contribution in [0.1, 0.15) is 24.2 Å². The highest BCUT2D eigenvalue weighted by Gasteiger charge is 2.22. The van der Waals surface area contributed by atoms with Crippen LogP contribution in [0.4, 0.5) is 5.69 Å². The highest BCUT2D eigenvalue weighted by atomic mass is 16.1. The van der Waals surface area contributed by atoms with Crippen molar-refractivity contribution in [2.45, 2.75) is 25.9 Å². The number of nitrogens with one attached hydrogen (secondary N) is 1. The van der Waals surface area contributed by atoms with E-state index in [1.165, 1.54) is 0 Å². The Labute approximate surface area is 136 Å². The van der Waals surface area contributed by atoms with Crippen molar-refractivity contribution in [1.82, 2.24) is 10.3 Å². The summed E-state index contributed by atoms with van der Waals surface area (Å²) in [5, 5.41) is 3.48. The third-order valence-electron chi connectivity index (χ3n) is 4.31. The quantitative estimate of drug-likeness (QED) is 0.910. The van der Waals surface area contributed by atoms with Crippen molar-refractivity contribution < 1.29 is 4.79 Å². The first-order chi connectivity index (χ1) is 11.1. The first kappa shape index (κ1) is 15.5. The van der Waals surface area contributed by atoms with E-state index >= 15 is 0 Å². The number of carbonyl (C=O) groups is 1. The van der Waals surface area contributed by atoms with Gasteiger partial charge < -0.3 is 16.0 Å². The molecule has 0 bridgehead atoms. The molecular weight excluding hydrogens is 288 g/mol. The molecule has 1 aromatic carbocycles. The number of primary amides is 1. The van der Waals surface area contributed by atoms with Crippen molar-refractivity contribution in [3.63, 3.8) is 0 Å². The fourth-order valence-electron chi connectivity index (χ4n) is 3.02. The Kier molecular flexibility index (Phi) is 4.30. The highest BCUT2D eigenvalue weighted by Crippen LogP contribution is 2.25. The third kappa shape index (κ3) is 3.19. The number of nitrogens with zero attached hydrogens (tertiary/aromatic N) is 2. The summed E-state index contributed by atoms with van der Waals surface area (Å²) >= 11 is 0. The van der Waals surface area contributed by atoms with Gasteiger partial charge in [-0.25, -0.2) is 0 Å². The summed E-state index contributed by atoms with van der Waals surface area (Å²) in [4.78, 5) is 18.5. The lowest BCUT2D eigenvalue weighted by Crippen LogP contribution is -2.54. The lowest BCUT2D eigenvalue weighted by Gasteiger charge is -2.39. The van der Waals surface area contributed by atoms with E-state index in [0.29, 0.717) is 17.6 Å². The van der Waals surface area contributed by atoms with Gasteiger partial charge >= 0.3 is 0 Å². The molecular formula is C18H22N4O. The molecule has 1 aliphatic heterocycles. The maximum absolute atomic E-state index is 11.6. The lowest BCUT2D eigenvalue weighted by molar-refractivity contribution is 0.100. The van der Waals surface area contributed by atoms with Crippen LogP contribution in [0.3, 0.4) is 0 Å². The van der Waals surface area contributed by atoms with Crippen LogP contribution in [-0.2, 0) is 0 Å². The molecule has 1 aliphatic rings. The number of pyridine rings is 1. The van der Waals surface area contributed by atoms with Gasteiger partial charge in [0.15, 0.2) is 0 Å². The standard InChI is InChI=1S/C18H22N4O/c1-12-11-22(13(2)9-20-12)14-7-8-17(21-10-14)15-5-3-4-6-16(15)18(19)23/h3-8,10,12-13,20H,9,11H2,1-2H3,(H2,19,23)/t12-,13+/m0/s1. The normalized spacial score (nSPS) is 21.2. The maximum Gasteiger partial charge on any atom is 0.249 e. The molecule has 1 aromatic heterocycles. The number of rotatable bonds is 3. The predicted molar refractivity (Wildman–Crippen MR) is 92.5 cm³/mol. The van der Waals surface area contributed by atoms with Crippen molar-refractivity contribution in [1.29, 1.82) is 0 Å². The van der Waals surface area contributed by atoms with Crippen molar-refractivity contribution >= 4 is 11.6 Å². The van der Waals surface area contributed by atoms with Gasteiger partial charge in [0, 0.05) is 36.3 Å². The van der Waals surface area contributed by atoms with Gasteiger partial charge in [-0.1, -0.05) is 18.2 Å². The lowest BCUT2D eigenvalue weighted by atomic mass is 10.0. The number of hydrogen-bond donors (Lipinski definition) is 2. The molecule has 1 fully saturated rings. The highest BCUT2D eigenvalue weighted by molar-refractivity contribution is 5.99. The Balaban J connectivity index is 1.89. The van der Waals surface area contributed by atoms with Gasteiger partial charge in [-0.3, -0.25) is 9.78 Å². The second-order valence-corrected chi connectivity index (χ2v) is 6.12. The van der Waals surface area contributed by atoms with E-state index in [1.807, 2.05) is 30.5 Å². The second-order valence-electron chi connectivity index (χ2n) is 6.12. The van der Waals surface area contributed by atoms with Crippen LogP contribution in [0.15, 0.2) is 42.6 Å². The molecule has 0 spiro atoms. The molecule has 1 amide bonds. The van der Waals surface area contributed by atoms with E-state index in [0.717, 1.165) is 30.0 Å². The van der Waals surface area contributed by atoms with E-state index in [9.17, 15) is 4.79 Å². The number of amides is 1. The van der Waals surface area contributed by atoms with E-state index in [2.05, 4.69) is 35.1 Å². The van der Waals surface area contributed by atoms with Crippen LogP contribution in [0, 0.1) is 0 Å². The van der Waals surface area contributed by atoms with Crippen molar-refractivity contribution in [2.75, 3.05) is 18.0 Å². The molecule has 0 unspecified atom stereocenters. The zero-order valence-corrected chi connectivity index (χ0v) is 13.5. The average molecular weight is 310 g/mol. The van der Waals surface area contributed by atoms with Crippen LogP contribution in [0.5, 0.6) is 0 Å². The fourth-order valence-corrected chi connectivity index (χ4v) is 3.02. The molecule has 5 heteroatoms. The zero-order valence-electron chi connectivity index (χ0n) is 13.5. The molecule has 120 valence electrons. The topological polar surface area (TPSA) is 71.2 Å². The van der Waals surface area contributed by atoms with Gasteiger partial charge in [-0.2, -0.15) is 0 Å². The Morgan fingerprint density at radius 1 is 1.26 bits per heavy atom. The second kappa shape index (κ2) is 6.38. The molecule has 0 saturated carbocycles. The van der Waals surface area contributed by atoms with Crippen molar-refractivity contribution in [2.24, 2.45) is 5.73 Å². The van der Waals surface area contributed by atoms with Crippen LogP contribution in [0.2, 0.25) is 0 Å². The Morgan fingerprint density at radius 2 is 2.04 bits per heavy atom. The summed E-state index contributed by atoms with van der Waals surface area (Å²) in [7, 11) is 0. The first-order valence-corrected chi connectivity index (χ1v) is 7.91. The van der Waals surface area contributed by atoms with Crippen LogP contribution >= 0.6 is 0 Å². The van der Waals surface area contributed by atoms with Gasteiger partial charge in [0.25, 0.3) is 0 Å². The zero-order chi connectivity index (χ0) is 16.4. The molecule has 2 aromatic rings. The van der Waals surface area contributed by atoms with E-state index in [1.54, 1.807) is 6.07 Å². The van der Waals surface area contributed by atoms with Gasteiger partial charge in [0.05, 0.1) is 17.6 Å². The van der Waals surface area contributed by atoms with Crippen LogP contribution in [0.25, 0.3) is 11.3 Å². The molecule has 23 heavy (non-hydrogen) atoms. The summed E-state index contributed by atoms with van der Waals surface area (Å²) in [6.45, 7) is 6.31. The number of anilines is 1. The molecule has 2 heterocycles. The Morgan fingerprint density at radius 3 is 2.74 bits per heavy atom. The minimum atomic E-state index is -0.434. The van der Waals surface area contributed by atoms with Crippen LogP contribution in [-0.4, -0.2) is 36.1 Å². The predicted octanol–water partition coefficient (Wildman–Crippen LogP) is 2.03. The van der Waals surface area contributed by atoms with E-state index < -0.39 is 5.91 Å². The number of hydrogen-bond acceptors (Lipinski definition) is 4. The molecule has 1 saturated heterocycles. The monoisotopic (exact) mass is 310 g/mol. The van der Waals surface area contributed by atoms with E-state index in [4.69, 9.17) is 5.73 Å². The smallest absolute Gasteiger partial charge is 0.249 e. The summed E-state index contributed by atoms with van der Waals surface area (Å²) in [5.41, 5.74) is 8.58. The largest absolute Gasteiger partial charge is 0.366 e. The van der Waals surface area contributed by atoms with Crippen molar-refractivity contribution in [3.05, 3.63) is 48.2 Å². The summed E-state index contributed by atoms with van der Waals surface area (Å²) < 4.78 is 0. The SMILES string of the molecule is C[C@@H]1CN[C@@H](C)CN1c1ccc(-c2ccccc2C(N)=O)nc1. The number of carbonyl (C=O) groups excluding carboxylic acids is 1. The maximum atomic E-state index is 11.6. The minimum Gasteiger partial charge on any atom is -0.366 e. The first-order valence-electron chi connectivity index (χ1n) is 7.91. The summed E-state index contributed by atoms with van der Waals surface area (Å²) in [6.07, 6.45) is 1.88. The Bertz CT molecular complexity index is 698. The number of aromatic nitrogens is 1. The summed E-state index contributed by atoms with van der Waals surface area (Å²) in [5.74, 6) is -0.434. The molecule has 3 N–H and O–H groups in total. The number of piperazine rings is 1. The fraction of sp³-hybridized carbons (Fsp3) is 0.333. The van der Waals surface area contributed by atoms with Gasteiger partial charge in [-0.15, -0.1) is 0 Å².